The summed E-state index contributed by atoms with van der Waals surface area (Å²) in [5.74, 6) is -2.62. The molecule has 3 rings (SSSR count). The molecule has 1 fully saturated rings. The van der Waals surface area contributed by atoms with Gasteiger partial charge in [0.2, 0.25) is 5.91 Å². The minimum atomic E-state index is -1.31. The van der Waals surface area contributed by atoms with Crippen molar-refractivity contribution in [2.75, 3.05) is 11.9 Å². The maximum atomic E-state index is 12.5. The number of imide groups is 1. The number of aromatic carboxylic acids is 1. The second-order valence-corrected chi connectivity index (χ2v) is 7.45. The number of allylic oxidation sites excluding steroid dienone is 2. The van der Waals surface area contributed by atoms with E-state index in [0.29, 0.717) is 0 Å². The molecule has 0 aliphatic carbocycles. The largest absolute Gasteiger partial charge is 0.508 e. The Hall–Kier alpha value is -3.85. The zero-order chi connectivity index (χ0) is 22.4. The van der Waals surface area contributed by atoms with Crippen LogP contribution in [0.15, 0.2) is 65.6 Å². The minimum absolute atomic E-state index is 0.00961. The van der Waals surface area contributed by atoms with Crippen LogP contribution in [0.25, 0.3) is 6.08 Å². The van der Waals surface area contributed by atoms with Crippen LogP contribution in [0.5, 0.6) is 5.75 Å². The third-order valence-corrected chi connectivity index (χ3v) is 5.21. The van der Waals surface area contributed by atoms with Gasteiger partial charge in [-0.25, -0.2) is 4.79 Å². The Morgan fingerprint density at radius 1 is 1.10 bits per heavy atom. The van der Waals surface area contributed by atoms with Gasteiger partial charge >= 0.3 is 5.97 Å². The van der Waals surface area contributed by atoms with E-state index in [2.05, 4.69) is 5.32 Å². The molecule has 1 heterocycles. The lowest BCUT2D eigenvalue weighted by Gasteiger charge is -2.13. The summed E-state index contributed by atoms with van der Waals surface area (Å²) < 4.78 is 0. The summed E-state index contributed by atoms with van der Waals surface area (Å²) in [4.78, 5) is 49.3. The van der Waals surface area contributed by atoms with Crippen LogP contribution in [0.1, 0.15) is 22.3 Å². The number of phenolic OH excluding ortho intramolecular Hbond substituents is 1. The third-order valence-electron chi connectivity index (χ3n) is 4.28. The van der Waals surface area contributed by atoms with Crippen molar-refractivity contribution in [3.63, 3.8) is 0 Å². The molecule has 0 spiro atoms. The van der Waals surface area contributed by atoms with Crippen LogP contribution in [0.4, 0.5) is 10.5 Å². The third kappa shape index (κ3) is 5.61. The number of hydrogen-bond acceptors (Lipinski definition) is 6. The van der Waals surface area contributed by atoms with E-state index in [4.69, 9.17) is 0 Å². The van der Waals surface area contributed by atoms with Gasteiger partial charge in [0.15, 0.2) is 0 Å². The van der Waals surface area contributed by atoms with Crippen molar-refractivity contribution in [2.24, 2.45) is 0 Å². The summed E-state index contributed by atoms with van der Waals surface area (Å²) >= 11 is 0.791. The smallest absolute Gasteiger partial charge is 0.337 e. The van der Waals surface area contributed by atoms with Crippen LogP contribution >= 0.6 is 11.8 Å². The number of anilines is 1. The molecule has 31 heavy (non-hydrogen) atoms. The molecule has 1 aliphatic rings. The fourth-order valence-electron chi connectivity index (χ4n) is 2.76. The number of nitrogens with zero attached hydrogens (tertiary/aromatic N) is 1. The quantitative estimate of drug-likeness (QED) is 0.445. The van der Waals surface area contributed by atoms with Crippen molar-refractivity contribution in [3.05, 3.63) is 76.7 Å². The van der Waals surface area contributed by atoms with E-state index in [1.54, 1.807) is 18.2 Å². The number of nitrogens with one attached hydrogen (secondary N) is 1. The first-order valence-corrected chi connectivity index (χ1v) is 10.00. The van der Waals surface area contributed by atoms with E-state index in [-0.39, 0.29) is 34.9 Å². The topological polar surface area (TPSA) is 124 Å². The molecule has 8 nitrogen and oxygen atoms in total. The SMILES string of the molecule is O=C(CCN1C(=O)SC(=CC=Cc2ccccc2)C1=O)Nc1ccc(O)cc1C(=O)O. The lowest BCUT2D eigenvalue weighted by molar-refractivity contribution is -0.123. The second-order valence-electron chi connectivity index (χ2n) is 6.46. The van der Waals surface area contributed by atoms with Crippen molar-refractivity contribution in [3.8, 4) is 5.75 Å². The molecule has 0 radical (unpaired) electrons. The summed E-state index contributed by atoms with van der Waals surface area (Å²) in [6, 6.07) is 13.0. The van der Waals surface area contributed by atoms with Crippen LogP contribution in [-0.2, 0) is 9.59 Å². The van der Waals surface area contributed by atoms with Crippen LogP contribution in [0.3, 0.4) is 0 Å². The normalized spacial score (nSPS) is 15.1. The van der Waals surface area contributed by atoms with Gasteiger partial charge in [0.25, 0.3) is 11.1 Å². The van der Waals surface area contributed by atoms with Gasteiger partial charge in [-0.3, -0.25) is 19.3 Å². The van der Waals surface area contributed by atoms with Crippen molar-refractivity contribution in [2.45, 2.75) is 6.42 Å². The van der Waals surface area contributed by atoms with E-state index < -0.39 is 23.0 Å². The summed E-state index contributed by atoms with van der Waals surface area (Å²) in [6.45, 7) is -0.142. The summed E-state index contributed by atoms with van der Waals surface area (Å²) in [5.41, 5.74) is 0.688. The Balaban J connectivity index is 1.59. The lowest BCUT2D eigenvalue weighted by atomic mass is 10.1. The van der Waals surface area contributed by atoms with Gasteiger partial charge in [-0.15, -0.1) is 0 Å². The van der Waals surface area contributed by atoms with Crippen molar-refractivity contribution in [1.82, 2.24) is 4.90 Å². The molecule has 0 aromatic heterocycles. The summed E-state index contributed by atoms with van der Waals surface area (Å²) in [7, 11) is 0. The molecule has 9 heteroatoms. The van der Waals surface area contributed by atoms with Gasteiger partial charge in [0.1, 0.15) is 5.75 Å². The molecule has 0 atom stereocenters. The first-order chi connectivity index (χ1) is 14.8. The van der Waals surface area contributed by atoms with Gasteiger partial charge in [0, 0.05) is 13.0 Å². The first-order valence-electron chi connectivity index (χ1n) is 9.18. The maximum Gasteiger partial charge on any atom is 0.337 e. The van der Waals surface area contributed by atoms with Crippen molar-refractivity contribution in [1.29, 1.82) is 0 Å². The zero-order valence-corrected chi connectivity index (χ0v) is 17.0. The van der Waals surface area contributed by atoms with Crippen molar-refractivity contribution >= 4 is 46.5 Å². The molecule has 0 bridgehead atoms. The second kappa shape index (κ2) is 9.77. The van der Waals surface area contributed by atoms with E-state index in [1.807, 2.05) is 30.3 Å². The van der Waals surface area contributed by atoms with Crippen LogP contribution in [0, 0.1) is 0 Å². The van der Waals surface area contributed by atoms with Gasteiger partial charge in [0.05, 0.1) is 16.2 Å². The Morgan fingerprint density at radius 2 is 1.84 bits per heavy atom. The Kier molecular flexibility index (Phi) is 6.88. The Bertz CT molecular complexity index is 1090. The standard InChI is InChI=1S/C22H18N2O6S/c25-15-9-10-17(16(13-15)21(28)29)23-19(26)11-12-24-20(27)18(31-22(24)30)8-4-7-14-5-2-1-3-6-14/h1-10,13,25H,11-12H2,(H,23,26)(H,28,29). The molecule has 0 unspecified atom stereocenters. The molecule has 3 amide bonds. The molecule has 158 valence electrons. The molecule has 2 aromatic carbocycles. The number of thioether (sulfide) groups is 1. The van der Waals surface area contributed by atoms with Crippen LogP contribution in [0.2, 0.25) is 0 Å². The number of carboxylic acids is 1. The van der Waals surface area contributed by atoms with Crippen LogP contribution in [-0.4, -0.2) is 44.7 Å². The number of phenols is 1. The number of carboxylic acid groups (broad SMARTS) is 1. The number of rotatable bonds is 7. The fourth-order valence-corrected chi connectivity index (χ4v) is 3.58. The van der Waals surface area contributed by atoms with E-state index in [9.17, 15) is 29.4 Å². The molecular formula is C22H18N2O6S. The zero-order valence-electron chi connectivity index (χ0n) is 16.1. The van der Waals surface area contributed by atoms with E-state index >= 15 is 0 Å². The molecule has 0 saturated carbocycles. The molecule has 2 aromatic rings. The predicted molar refractivity (Wildman–Crippen MR) is 117 cm³/mol. The van der Waals surface area contributed by atoms with E-state index in [1.165, 1.54) is 12.1 Å². The number of aromatic hydroxyl groups is 1. The minimum Gasteiger partial charge on any atom is -0.508 e. The summed E-state index contributed by atoms with van der Waals surface area (Å²) in [5, 5.41) is 20.5. The van der Waals surface area contributed by atoms with Gasteiger partial charge in [-0.2, -0.15) is 0 Å². The highest BCUT2D eigenvalue weighted by Gasteiger charge is 2.34. The van der Waals surface area contributed by atoms with E-state index in [0.717, 1.165) is 28.3 Å². The molecule has 1 aliphatic heterocycles. The number of benzene rings is 2. The Labute approximate surface area is 181 Å². The number of carbonyl (C=O) groups excluding carboxylic acids is 3. The maximum absolute atomic E-state index is 12.5. The van der Waals surface area contributed by atoms with Crippen LogP contribution < -0.4 is 5.32 Å². The van der Waals surface area contributed by atoms with Gasteiger partial charge in [-0.05, 0) is 41.6 Å². The van der Waals surface area contributed by atoms with Crippen molar-refractivity contribution < 1.29 is 29.4 Å². The average molecular weight is 438 g/mol. The highest BCUT2D eigenvalue weighted by Crippen LogP contribution is 2.31. The summed E-state index contributed by atoms with van der Waals surface area (Å²) in [6.07, 6.45) is 4.83. The molecular weight excluding hydrogens is 420 g/mol. The lowest BCUT2D eigenvalue weighted by Crippen LogP contribution is -2.31. The Morgan fingerprint density at radius 3 is 2.55 bits per heavy atom. The number of amides is 3. The molecule has 1 saturated heterocycles. The fraction of sp³-hybridized carbons (Fsp3) is 0.0909. The van der Waals surface area contributed by atoms with Gasteiger partial charge < -0.3 is 15.5 Å². The number of carbonyl (C=O) groups is 4. The first kappa shape index (κ1) is 21.8. The van der Waals surface area contributed by atoms with Gasteiger partial charge in [-0.1, -0.05) is 42.5 Å². The highest BCUT2D eigenvalue weighted by atomic mass is 32.2. The molecule has 3 N–H and O–H groups in total. The monoisotopic (exact) mass is 438 g/mol. The number of hydrogen-bond donors (Lipinski definition) is 3. The average Bonchev–Trinajstić information content (AvgIpc) is 3.01. The predicted octanol–water partition coefficient (Wildman–Crippen LogP) is 3.71. The highest BCUT2D eigenvalue weighted by molar-refractivity contribution is 8.18.